The van der Waals surface area contributed by atoms with Crippen molar-refractivity contribution in [3.8, 4) is 0 Å². The molecule has 6 heteroatoms. The van der Waals surface area contributed by atoms with E-state index in [-0.39, 0.29) is 24.4 Å². The first-order valence-electron chi connectivity index (χ1n) is 3.89. The Hall–Kier alpha value is -0.763. The zero-order valence-electron chi connectivity index (χ0n) is 7.54. The number of rotatable bonds is 3. The molecule has 15 heavy (non-hydrogen) atoms. The molecule has 0 fully saturated rings. The van der Waals surface area contributed by atoms with E-state index in [1.807, 2.05) is 0 Å². The standard InChI is InChI=1S/C9H10O4S.Li.H/c1-14(12,13)8(9(10)11)7-5-3-2-4-6-7;;/h2-6,8H,1H3,(H,10,11);;. The molecule has 0 aliphatic carbocycles. The SMILES string of the molecule is CS(=O)(=O)C(C(=O)O)c1ccccc1.[LiH]. The number of hydrogen-bond acceptors (Lipinski definition) is 3. The summed E-state index contributed by atoms with van der Waals surface area (Å²) in [5.74, 6) is -1.35. The Balaban J connectivity index is 0.00000196. The third-order valence-electron chi connectivity index (χ3n) is 1.75. The van der Waals surface area contributed by atoms with Crippen molar-refractivity contribution in [2.45, 2.75) is 5.25 Å². The fourth-order valence-corrected chi connectivity index (χ4v) is 2.22. The van der Waals surface area contributed by atoms with E-state index < -0.39 is 21.1 Å². The van der Waals surface area contributed by atoms with Crippen molar-refractivity contribution in [2.24, 2.45) is 0 Å². The van der Waals surface area contributed by atoms with Gasteiger partial charge in [-0.05, 0) is 5.56 Å². The van der Waals surface area contributed by atoms with Gasteiger partial charge >= 0.3 is 24.8 Å². The summed E-state index contributed by atoms with van der Waals surface area (Å²) in [5.41, 5.74) is 0.280. The summed E-state index contributed by atoms with van der Waals surface area (Å²) < 4.78 is 22.4. The second-order valence-corrected chi connectivity index (χ2v) is 5.09. The van der Waals surface area contributed by atoms with Gasteiger partial charge in [0.2, 0.25) is 0 Å². The molecular formula is C9H11LiO4S. The van der Waals surface area contributed by atoms with Gasteiger partial charge in [0.1, 0.15) is 0 Å². The summed E-state index contributed by atoms with van der Waals surface area (Å²) in [6.07, 6.45) is 0.915. The summed E-state index contributed by atoms with van der Waals surface area (Å²) in [6.45, 7) is 0. The van der Waals surface area contributed by atoms with E-state index in [2.05, 4.69) is 0 Å². The first-order valence-corrected chi connectivity index (χ1v) is 5.85. The van der Waals surface area contributed by atoms with Crippen LogP contribution in [0.25, 0.3) is 0 Å². The number of carboxylic acid groups (broad SMARTS) is 1. The van der Waals surface area contributed by atoms with E-state index in [0.29, 0.717) is 0 Å². The van der Waals surface area contributed by atoms with Crippen LogP contribution in [0.3, 0.4) is 0 Å². The minimum absolute atomic E-state index is 0. The third kappa shape index (κ3) is 3.71. The van der Waals surface area contributed by atoms with Crippen molar-refractivity contribution in [1.82, 2.24) is 0 Å². The molecule has 0 radical (unpaired) electrons. The normalized spacial score (nSPS) is 12.6. The zero-order chi connectivity index (χ0) is 10.8. The van der Waals surface area contributed by atoms with E-state index in [1.165, 1.54) is 12.1 Å². The van der Waals surface area contributed by atoms with Crippen molar-refractivity contribution in [1.29, 1.82) is 0 Å². The van der Waals surface area contributed by atoms with Crippen LogP contribution >= 0.6 is 0 Å². The predicted octanol–water partition coefficient (Wildman–Crippen LogP) is 0.208. The van der Waals surface area contributed by atoms with Crippen LogP contribution in [0.15, 0.2) is 30.3 Å². The third-order valence-corrected chi connectivity index (χ3v) is 3.08. The zero-order valence-corrected chi connectivity index (χ0v) is 8.36. The second kappa shape index (κ2) is 5.36. The quantitative estimate of drug-likeness (QED) is 0.742. The van der Waals surface area contributed by atoms with Crippen LogP contribution in [0.2, 0.25) is 0 Å². The van der Waals surface area contributed by atoms with Crippen molar-refractivity contribution >= 4 is 34.7 Å². The Morgan fingerprint density at radius 3 is 2.07 bits per heavy atom. The van der Waals surface area contributed by atoms with Gasteiger partial charge in [-0.25, -0.2) is 8.42 Å². The number of carbonyl (C=O) groups is 1. The molecule has 1 aromatic carbocycles. The predicted molar refractivity (Wildman–Crippen MR) is 58.8 cm³/mol. The summed E-state index contributed by atoms with van der Waals surface area (Å²) in [4.78, 5) is 10.8. The van der Waals surface area contributed by atoms with Gasteiger partial charge in [0, 0.05) is 6.26 Å². The van der Waals surface area contributed by atoms with Crippen LogP contribution in [0, 0.1) is 0 Å². The molecule has 1 unspecified atom stereocenters. The molecule has 0 saturated carbocycles. The number of hydrogen-bond donors (Lipinski definition) is 1. The van der Waals surface area contributed by atoms with Crippen LogP contribution in [0.5, 0.6) is 0 Å². The second-order valence-electron chi connectivity index (χ2n) is 2.96. The molecule has 0 spiro atoms. The molecule has 1 aromatic rings. The minimum atomic E-state index is -3.62. The van der Waals surface area contributed by atoms with Gasteiger partial charge in [-0.2, -0.15) is 0 Å². The van der Waals surface area contributed by atoms with E-state index in [4.69, 9.17) is 5.11 Å². The topological polar surface area (TPSA) is 71.4 Å². The number of aliphatic carboxylic acids is 1. The summed E-state index contributed by atoms with van der Waals surface area (Å²) in [7, 11) is -3.62. The Labute approximate surface area is 100 Å². The monoisotopic (exact) mass is 222 g/mol. The first kappa shape index (κ1) is 14.2. The van der Waals surface area contributed by atoms with E-state index in [0.717, 1.165) is 6.26 Å². The van der Waals surface area contributed by atoms with Gasteiger partial charge in [0.05, 0.1) is 0 Å². The Kier molecular flexibility index (Phi) is 5.08. The Morgan fingerprint density at radius 1 is 1.27 bits per heavy atom. The molecule has 78 valence electrons. The molecule has 0 bridgehead atoms. The van der Waals surface area contributed by atoms with Crippen LogP contribution < -0.4 is 0 Å². The number of sulfone groups is 1. The average molecular weight is 222 g/mol. The molecule has 0 aliphatic heterocycles. The Bertz CT molecular complexity index is 427. The van der Waals surface area contributed by atoms with Crippen molar-refractivity contribution in [3.63, 3.8) is 0 Å². The van der Waals surface area contributed by atoms with Crippen molar-refractivity contribution in [2.75, 3.05) is 6.26 Å². The van der Waals surface area contributed by atoms with Crippen LogP contribution in [-0.4, -0.2) is 44.6 Å². The molecule has 1 rings (SSSR count). The molecule has 1 N–H and O–H groups in total. The van der Waals surface area contributed by atoms with Gasteiger partial charge < -0.3 is 5.11 Å². The fourth-order valence-electron chi connectivity index (χ4n) is 1.20. The van der Waals surface area contributed by atoms with Crippen molar-refractivity contribution < 1.29 is 18.3 Å². The average Bonchev–Trinajstić information content (AvgIpc) is 2.02. The van der Waals surface area contributed by atoms with Crippen molar-refractivity contribution in [3.05, 3.63) is 35.9 Å². The first-order chi connectivity index (χ1) is 6.43. The molecule has 4 nitrogen and oxygen atoms in total. The number of benzene rings is 1. The van der Waals surface area contributed by atoms with Gasteiger partial charge in [-0.15, -0.1) is 0 Å². The molecule has 1 atom stereocenters. The van der Waals surface area contributed by atoms with Crippen LogP contribution in [0.1, 0.15) is 10.8 Å². The molecule has 0 aliphatic rings. The molecule has 0 heterocycles. The summed E-state index contributed by atoms with van der Waals surface area (Å²) >= 11 is 0. The molecule has 0 saturated heterocycles. The van der Waals surface area contributed by atoms with Gasteiger partial charge in [0.15, 0.2) is 15.1 Å². The molecule has 0 amide bonds. The van der Waals surface area contributed by atoms with Gasteiger partial charge in [-0.3, -0.25) is 4.79 Å². The number of carboxylic acids is 1. The van der Waals surface area contributed by atoms with E-state index in [1.54, 1.807) is 18.2 Å². The molecule has 0 aromatic heterocycles. The maximum atomic E-state index is 11.2. The van der Waals surface area contributed by atoms with Crippen LogP contribution in [-0.2, 0) is 14.6 Å². The maximum absolute atomic E-state index is 11.2. The van der Waals surface area contributed by atoms with Gasteiger partial charge in [0.25, 0.3) is 0 Å². The Morgan fingerprint density at radius 2 is 1.73 bits per heavy atom. The molecular weight excluding hydrogens is 211 g/mol. The fraction of sp³-hybridized carbons (Fsp3) is 0.222. The summed E-state index contributed by atoms with van der Waals surface area (Å²) in [5, 5.41) is 7.31. The van der Waals surface area contributed by atoms with Crippen LogP contribution in [0.4, 0.5) is 0 Å². The van der Waals surface area contributed by atoms with Gasteiger partial charge in [-0.1, -0.05) is 30.3 Å². The van der Waals surface area contributed by atoms with E-state index in [9.17, 15) is 13.2 Å². The van der Waals surface area contributed by atoms with E-state index >= 15 is 0 Å². The summed E-state index contributed by atoms with van der Waals surface area (Å²) in [6, 6.07) is 7.89.